The molecule has 1 amide bonds. The highest BCUT2D eigenvalue weighted by molar-refractivity contribution is 7.89. The molecule has 0 atom stereocenters. The van der Waals surface area contributed by atoms with Crippen LogP contribution in [-0.4, -0.2) is 18.9 Å². The van der Waals surface area contributed by atoms with Crippen LogP contribution in [0.15, 0.2) is 82.7 Å². The fourth-order valence-corrected chi connectivity index (χ4v) is 5.05. The van der Waals surface area contributed by atoms with Gasteiger partial charge in [0.1, 0.15) is 0 Å². The van der Waals surface area contributed by atoms with E-state index in [1.807, 2.05) is 54.0 Å². The molecule has 4 aromatic rings. The maximum absolute atomic E-state index is 12.8. The smallest absolute Gasteiger partial charge is 0.279 e. The maximum Gasteiger partial charge on any atom is 0.279 e. The van der Waals surface area contributed by atoms with E-state index >= 15 is 0 Å². The molecule has 0 aliphatic heterocycles. The molecule has 1 heterocycles. The Labute approximate surface area is 184 Å². The number of nitrogens with two attached hydrogens (primary N) is 1. The number of amides is 1. The van der Waals surface area contributed by atoms with Crippen molar-refractivity contribution in [2.75, 3.05) is 0 Å². The zero-order valence-corrected chi connectivity index (χ0v) is 18.5. The number of sulfonamides is 1. The highest BCUT2D eigenvalue weighted by Gasteiger charge is 2.13. The number of hydrogen-bond donors (Lipinski definition) is 1. The predicted octanol–water partition coefficient (Wildman–Crippen LogP) is 4.17. The van der Waals surface area contributed by atoms with Gasteiger partial charge in [-0.15, -0.1) is 0 Å². The standard InChI is InChI=1S/C23H21N3O3S2/c1-2-14-26-20-13-12-19(31(24,28)29)15-21(20)30-23(26)25-22(27)18-10-8-17(9-11-18)16-6-4-3-5-7-16/h3-13,15H,2,14H2,1H3,(H2,24,28,29). The molecule has 8 heteroatoms. The summed E-state index contributed by atoms with van der Waals surface area (Å²) in [6.07, 6.45) is 0.843. The fraction of sp³-hybridized carbons (Fsp3) is 0.130. The minimum atomic E-state index is -3.80. The monoisotopic (exact) mass is 451 g/mol. The lowest BCUT2D eigenvalue weighted by atomic mass is 10.0. The Kier molecular flexibility index (Phi) is 5.86. The molecule has 1 aromatic heterocycles. The van der Waals surface area contributed by atoms with Crippen molar-refractivity contribution in [3.63, 3.8) is 0 Å². The molecule has 6 nitrogen and oxygen atoms in total. The summed E-state index contributed by atoms with van der Waals surface area (Å²) >= 11 is 1.27. The van der Waals surface area contributed by atoms with Gasteiger partial charge in [0.15, 0.2) is 4.80 Å². The average molecular weight is 452 g/mol. The molecule has 4 rings (SSSR count). The number of rotatable bonds is 5. The largest absolute Gasteiger partial charge is 0.316 e. The van der Waals surface area contributed by atoms with Crippen molar-refractivity contribution in [1.29, 1.82) is 0 Å². The molecule has 3 aromatic carbocycles. The Morgan fingerprint density at radius 1 is 1.00 bits per heavy atom. The summed E-state index contributed by atoms with van der Waals surface area (Å²) in [4.78, 5) is 17.7. The summed E-state index contributed by atoms with van der Waals surface area (Å²) in [5.41, 5.74) is 3.42. The third-order valence-electron chi connectivity index (χ3n) is 4.87. The van der Waals surface area contributed by atoms with Crippen molar-refractivity contribution in [3.8, 4) is 11.1 Å². The summed E-state index contributed by atoms with van der Waals surface area (Å²) in [5, 5.41) is 5.25. The number of thiazole rings is 1. The van der Waals surface area contributed by atoms with Crippen LogP contribution in [0.4, 0.5) is 0 Å². The number of hydrogen-bond acceptors (Lipinski definition) is 4. The molecule has 0 radical (unpaired) electrons. The summed E-state index contributed by atoms with van der Waals surface area (Å²) in [5.74, 6) is -0.345. The van der Waals surface area contributed by atoms with Gasteiger partial charge in [0.2, 0.25) is 10.0 Å². The Balaban J connectivity index is 1.73. The molecule has 0 unspecified atom stereocenters. The second-order valence-electron chi connectivity index (χ2n) is 7.07. The van der Waals surface area contributed by atoms with E-state index in [-0.39, 0.29) is 10.8 Å². The minimum absolute atomic E-state index is 0.0410. The van der Waals surface area contributed by atoms with Crippen LogP contribution in [-0.2, 0) is 16.6 Å². The van der Waals surface area contributed by atoms with Crippen molar-refractivity contribution in [1.82, 2.24) is 4.57 Å². The molecule has 0 aliphatic rings. The molecule has 0 bridgehead atoms. The first-order chi connectivity index (χ1) is 14.9. The van der Waals surface area contributed by atoms with Crippen LogP contribution >= 0.6 is 11.3 Å². The number of benzene rings is 3. The zero-order valence-electron chi connectivity index (χ0n) is 16.9. The van der Waals surface area contributed by atoms with Crippen LogP contribution in [0.5, 0.6) is 0 Å². The summed E-state index contributed by atoms with van der Waals surface area (Å²) in [6.45, 7) is 2.69. The Morgan fingerprint density at radius 3 is 2.32 bits per heavy atom. The number of nitrogens with zero attached hydrogens (tertiary/aromatic N) is 2. The number of aryl methyl sites for hydroxylation is 1. The second kappa shape index (κ2) is 8.58. The van der Waals surface area contributed by atoms with E-state index in [2.05, 4.69) is 4.99 Å². The van der Waals surface area contributed by atoms with Gasteiger partial charge < -0.3 is 4.57 Å². The molecule has 2 N–H and O–H groups in total. The molecule has 0 saturated heterocycles. The molecule has 0 aliphatic carbocycles. The van der Waals surface area contributed by atoms with E-state index in [1.165, 1.54) is 23.5 Å². The Morgan fingerprint density at radius 2 is 1.68 bits per heavy atom. The van der Waals surface area contributed by atoms with Crippen molar-refractivity contribution >= 4 is 37.5 Å². The summed E-state index contributed by atoms with van der Waals surface area (Å²) in [6, 6.07) is 22.0. The van der Waals surface area contributed by atoms with Crippen LogP contribution in [0.1, 0.15) is 23.7 Å². The lowest BCUT2D eigenvalue weighted by Gasteiger charge is -2.04. The van der Waals surface area contributed by atoms with Crippen molar-refractivity contribution < 1.29 is 13.2 Å². The highest BCUT2D eigenvalue weighted by atomic mass is 32.2. The number of carbonyl (C=O) groups is 1. The maximum atomic E-state index is 12.8. The summed E-state index contributed by atoms with van der Waals surface area (Å²) < 4.78 is 26.0. The Bertz CT molecular complexity index is 1420. The van der Waals surface area contributed by atoms with Gasteiger partial charge in [0.05, 0.1) is 15.1 Å². The van der Waals surface area contributed by atoms with Crippen molar-refractivity contribution in [2.24, 2.45) is 10.1 Å². The molecule has 158 valence electrons. The van der Waals surface area contributed by atoms with E-state index in [4.69, 9.17) is 5.14 Å². The van der Waals surface area contributed by atoms with Crippen LogP contribution in [0.2, 0.25) is 0 Å². The first kappa shape index (κ1) is 21.2. The van der Waals surface area contributed by atoms with Gasteiger partial charge in [-0.05, 0) is 47.9 Å². The van der Waals surface area contributed by atoms with E-state index in [9.17, 15) is 13.2 Å². The van der Waals surface area contributed by atoms with Crippen LogP contribution in [0, 0.1) is 0 Å². The molecular formula is C23H21N3O3S2. The lowest BCUT2D eigenvalue weighted by molar-refractivity contribution is 0.0998. The van der Waals surface area contributed by atoms with Crippen LogP contribution < -0.4 is 9.94 Å². The van der Waals surface area contributed by atoms with Gasteiger partial charge in [-0.3, -0.25) is 4.79 Å². The number of primary sulfonamides is 1. The SMILES string of the molecule is CCCn1c(=NC(=O)c2ccc(-c3ccccc3)cc2)sc2cc(S(N)(=O)=O)ccc21. The van der Waals surface area contributed by atoms with Crippen LogP contribution in [0.25, 0.3) is 21.3 Å². The van der Waals surface area contributed by atoms with Crippen molar-refractivity contribution in [2.45, 2.75) is 24.8 Å². The van der Waals surface area contributed by atoms with Gasteiger partial charge in [0.25, 0.3) is 5.91 Å². The topological polar surface area (TPSA) is 94.5 Å². The molecule has 0 fully saturated rings. The third kappa shape index (κ3) is 4.51. The minimum Gasteiger partial charge on any atom is -0.316 e. The first-order valence-electron chi connectivity index (χ1n) is 9.77. The highest BCUT2D eigenvalue weighted by Crippen LogP contribution is 2.22. The Hall–Kier alpha value is -3.07. The molecule has 0 saturated carbocycles. The average Bonchev–Trinajstić information content (AvgIpc) is 3.10. The molecule has 0 spiro atoms. The number of fused-ring (bicyclic) bond motifs is 1. The normalized spacial score (nSPS) is 12.4. The van der Waals surface area contributed by atoms with Gasteiger partial charge in [-0.1, -0.05) is 60.7 Å². The second-order valence-corrected chi connectivity index (χ2v) is 9.64. The lowest BCUT2D eigenvalue weighted by Crippen LogP contribution is -2.17. The van der Waals surface area contributed by atoms with E-state index in [0.717, 1.165) is 23.1 Å². The summed E-state index contributed by atoms with van der Waals surface area (Å²) in [7, 11) is -3.80. The molecular weight excluding hydrogens is 430 g/mol. The van der Waals surface area contributed by atoms with Gasteiger partial charge in [-0.25, -0.2) is 13.6 Å². The van der Waals surface area contributed by atoms with E-state index in [1.54, 1.807) is 18.2 Å². The molecule has 31 heavy (non-hydrogen) atoms. The van der Waals surface area contributed by atoms with Crippen molar-refractivity contribution in [3.05, 3.63) is 83.2 Å². The third-order valence-corrected chi connectivity index (χ3v) is 6.82. The van der Waals surface area contributed by atoms with Gasteiger partial charge >= 0.3 is 0 Å². The quantitative estimate of drug-likeness (QED) is 0.493. The van der Waals surface area contributed by atoms with E-state index in [0.29, 0.717) is 21.6 Å². The van der Waals surface area contributed by atoms with Gasteiger partial charge in [-0.2, -0.15) is 4.99 Å². The fourth-order valence-electron chi connectivity index (χ4n) is 3.34. The first-order valence-corrected chi connectivity index (χ1v) is 12.1. The van der Waals surface area contributed by atoms with Crippen LogP contribution in [0.3, 0.4) is 0 Å². The van der Waals surface area contributed by atoms with Gasteiger partial charge in [0, 0.05) is 12.1 Å². The van der Waals surface area contributed by atoms with E-state index < -0.39 is 10.0 Å². The predicted molar refractivity (Wildman–Crippen MR) is 123 cm³/mol. The number of carbonyl (C=O) groups excluding carboxylic acids is 1. The zero-order chi connectivity index (χ0) is 22.0. The number of aromatic nitrogens is 1.